The van der Waals surface area contributed by atoms with Crippen LogP contribution in [0.2, 0.25) is 0 Å². The first-order chi connectivity index (χ1) is 9.15. The summed E-state index contributed by atoms with van der Waals surface area (Å²) in [6.07, 6.45) is 0.998. The summed E-state index contributed by atoms with van der Waals surface area (Å²) in [5.74, 6) is -0.0799. The topological polar surface area (TPSA) is 111 Å². The number of hydrogen-bond acceptors (Lipinski definition) is 5. The van der Waals surface area contributed by atoms with Crippen LogP contribution in [-0.4, -0.2) is 22.4 Å². The normalized spacial score (nSPS) is 11.4. The van der Waals surface area contributed by atoms with E-state index in [1.807, 2.05) is 13.8 Å². The van der Waals surface area contributed by atoms with E-state index >= 15 is 0 Å². The number of aromatic nitrogens is 1. The molecule has 0 atom stereocenters. The van der Waals surface area contributed by atoms with Crippen molar-refractivity contribution >= 4 is 17.4 Å². The highest BCUT2D eigenvalue weighted by Gasteiger charge is 2.26. The molecule has 0 aliphatic rings. The molecule has 1 aromatic heterocycles. The lowest BCUT2D eigenvalue weighted by Gasteiger charge is -2.29. The number of hydrogen-bond donors (Lipinski definition) is 2. The Morgan fingerprint density at radius 2 is 2.15 bits per heavy atom. The summed E-state index contributed by atoms with van der Waals surface area (Å²) in [6.45, 7) is 8.57. The smallest absolute Gasteiger partial charge is 0.300 e. The third kappa shape index (κ3) is 3.66. The Hall–Kier alpha value is -2.18. The van der Waals surface area contributed by atoms with Gasteiger partial charge in [-0.1, -0.05) is 27.7 Å². The number of carbonyl (C=O) groups excluding carboxylic acids is 1. The molecule has 0 fully saturated rings. The lowest BCUT2D eigenvalue weighted by Crippen LogP contribution is -2.37. The molecule has 7 nitrogen and oxygen atoms in total. The quantitative estimate of drug-likeness (QED) is 0.632. The molecule has 1 amide bonds. The number of pyridine rings is 1. The molecule has 3 N–H and O–H groups in total. The van der Waals surface area contributed by atoms with Crippen LogP contribution in [0, 0.1) is 21.4 Å². The van der Waals surface area contributed by atoms with E-state index in [0.29, 0.717) is 12.5 Å². The van der Waals surface area contributed by atoms with Crippen LogP contribution in [0.5, 0.6) is 0 Å². The van der Waals surface area contributed by atoms with Gasteiger partial charge >= 0.3 is 0 Å². The Labute approximate surface area is 117 Å². The van der Waals surface area contributed by atoms with Gasteiger partial charge in [0.2, 0.25) is 0 Å². The van der Waals surface area contributed by atoms with E-state index in [2.05, 4.69) is 24.1 Å². The van der Waals surface area contributed by atoms with Crippen LogP contribution < -0.4 is 11.1 Å². The fraction of sp³-hybridized carbons (Fsp3) is 0.538. The number of nitro groups is 1. The number of rotatable bonds is 5. The van der Waals surface area contributed by atoms with Gasteiger partial charge in [-0.2, -0.15) is 0 Å². The van der Waals surface area contributed by atoms with Gasteiger partial charge < -0.3 is 11.1 Å². The zero-order valence-electron chi connectivity index (χ0n) is 12.1. The highest BCUT2D eigenvalue weighted by Crippen LogP contribution is 2.25. The van der Waals surface area contributed by atoms with Crippen molar-refractivity contribution in [1.29, 1.82) is 0 Å². The molecular weight excluding hydrogens is 260 g/mol. The van der Waals surface area contributed by atoms with Gasteiger partial charge in [0.25, 0.3) is 11.6 Å². The molecule has 20 heavy (non-hydrogen) atoms. The Kier molecular flexibility index (Phi) is 4.65. The van der Waals surface area contributed by atoms with Crippen LogP contribution >= 0.6 is 0 Å². The number of nitrogens with zero attached hydrogens (tertiary/aromatic N) is 2. The van der Waals surface area contributed by atoms with Crippen LogP contribution in [0.4, 0.5) is 11.5 Å². The van der Waals surface area contributed by atoms with Crippen molar-refractivity contribution in [1.82, 2.24) is 10.3 Å². The largest absolute Gasteiger partial charge is 0.384 e. The van der Waals surface area contributed by atoms with Crippen LogP contribution in [0.3, 0.4) is 0 Å². The Morgan fingerprint density at radius 1 is 1.55 bits per heavy atom. The van der Waals surface area contributed by atoms with Crippen LogP contribution in [-0.2, 0) is 0 Å². The third-order valence-electron chi connectivity index (χ3n) is 3.61. The summed E-state index contributed by atoms with van der Waals surface area (Å²) >= 11 is 0. The maximum atomic E-state index is 12.1. The van der Waals surface area contributed by atoms with Gasteiger partial charge in [-0.05, 0) is 17.4 Å². The zero-order valence-corrected chi connectivity index (χ0v) is 12.1. The Balaban J connectivity index is 2.93. The van der Waals surface area contributed by atoms with Crippen molar-refractivity contribution in [2.75, 3.05) is 12.3 Å². The molecule has 0 aliphatic carbocycles. The second-order valence-electron chi connectivity index (χ2n) is 5.71. The number of anilines is 1. The lowest BCUT2D eigenvalue weighted by atomic mass is 9.81. The molecule has 0 unspecified atom stereocenters. The minimum Gasteiger partial charge on any atom is -0.384 e. The highest BCUT2D eigenvalue weighted by atomic mass is 16.6. The van der Waals surface area contributed by atoms with Gasteiger partial charge in [0, 0.05) is 6.54 Å². The summed E-state index contributed by atoms with van der Waals surface area (Å²) < 4.78 is 0. The lowest BCUT2D eigenvalue weighted by molar-refractivity contribution is -0.385. The maximum Gasteiger partial charge on any atom is 0.300 e. The number of nitrogens with two attached hydrogens (primary N) is 1. The van der Waals surface area contributed by atoms with Crippen molar-refractivity contribution in [3.8, 4) is 0 Å². The van der Waals surface area contributed by atoms with E-state index in [0.717, 1.165) is 6.20 Å². The predicted molar refractivity (Wildman–Crippen MR) is 76.3 cm³/mol. The molecule has 1 heterocycles. The minimum atomic E-state index is -0.644. The fourth-order valence-electron chi connectivity index (χ4n) is 1.40. The summed E-state index contributed by atoms with van der Waals surface area (Å²) in [6, 6.07) is 1.22. The predicted octanol–water partition coefficient (Wildman–Crippen LogP) is 1.98. The van der Waals surface area contributed by atoms with Gasteiger partial charge in [-0.25, -0.2) is 4.98 Å². The molecule has 0 bridgehead atoms. The number of amides is 1. The number of nitrogen functional groups attached to an aromatic ring is 1. The first-order valence-electron chi connectivity index (χ1n) is 6.33. The van der Waals surface area contributed by atoms with E-state index in [-0.39, 0.29) is 22.5 Å². The first kappa shape index (κ1) is 15.9. The van der Waals surface area contributed by atoms with E-state index < -0.39 is 10.8 Å². The van der Waals surface area contributed by atoms with Crippen LogP contribution in [0.25, 0.3) is 0 Å². The molecule has 0 aliphatic heterocycles. The highest BCUT2D eigenvalue weighted by molar-refractivity contribution is 5.98. The average Bonchev–Trinajstić information content (AvgIpc) is 2.35. The summed E-state index contributed by atoms with van der Waals surface area (Å²) in [7, 11) is 0. The molecule has 1 rings (SSSR count). The zero-order chi connectivity index (χ0) is 15.5. The average molecular weight is 280 g/mol. The van der Waals surface area contributed by atoms with Gasteiger partial charge in [0.15, 0.2) is 0 Å². The van der Waals surface area contributed by atoms with Crippen molar-refractivity contribution in [2.45, 2.75) is 27.7 Å². The molecule has 0 spiro atoms. The number of carbonyl (C=O) groups is 1. The second kappa shape index (κ2) is 5.85. The fourth-order valence-corrected chi connectivity index (χ4v) is 1.40. The molecule has 0 radical (unpaired) electrons. The Morgan fingerprint density at radius 3 is 2.65 bits per heavy atom. The second-order valence-corrected chi connectivity index (χ2v) is 5.71. The van der Waals surface area contributed by atoms with E-state index in [1.54, 1.807) is 0 Å². The molecule has 7 heteroatoms. The summed E-state index contributed by atoms with van der Waals surface area (Å²) in [4.78, 5) is 26.0. The maximum absolute atomic E-state index is 12.1. The van der Waals surface area contributed by atoms with Crippen molar-refractivity contribution < 1.29 is 9.72 Å². The van der Waals surface area contributed by atoms with Gasteiger partial charge in [0.05, 0.1) is 4.92 Å². The van der Waals surface area contributed by atoms with Gasteiger partial charge in [-0.15, -0.1) is 0 Å². The summed E-state index contributed by atoms with van der Waals surface area (Å²) in [5, 5.41) is 13.6. The molecule has 0 saturated heterocycles. The van der Waals surface area contributed by atoms with Crippen molar-refractivity contribution in [2.24, 2.45) is 11.3 Å². The molecule has 110 valence electrons. The van der Waals surface area contributed by atoms with Gasteiger partial charge in [0.1, 0.15) is 17.6 Å². The van der Waals surface area contributed by atoms with Crippen LogP contribution in [0.1, 0.15) is 38.1 Å². The molecule has 0 saturated carbocycles. The first-order valence-corrected chi connectivity index (χ1v) is 6.33. The van der Waals surface area contributed by atoms with Crippen molar-refractivity contribution in [3.05, 3.63) is 27.9 Å². The number of nitrogens with one attached hydrogen (secondary N) is 1. The van der Waals surface area contributed by atoms with Gasteiger partial charge in [-0.3, -0.25) is 14.9 Å². The summed E-state index contributed by atoms with van der Waals surface area (Å²) in [5.41, 5.74) is 4.96. The Bertz CT molecular complexity index is 526. The van der Waals surface area contributed by atoms with Crippen molar-refractivity contribution in [3.63, 3.8) is 0 Å². The molecule has 1 aromatic rings. The molecular formula is C13H20N4O3. The standard InChI is InChI=1S/C13H20N4O3/c1-8(2)13(3,4)7-16-12(18)9-5-11(14)15-6-10(9)17(19)20/h5-6,8H,7H2,1-4H3,(H2,14,15)(H,16,18). The minimum absolute atomic E-state index is 0.0675. The van der Waals surface area contributed by atoms with Crippen LogP contribution in [0.15, 0.2) is 12.3 Å². The van der Waals surface area contributed by atoms with E-state index in [9.17, 15) is 14.9 Å². The molecule has 0 aromatic carbocycles. The third-order valence-corrected chi connectivity index (χ3v) is 3.61. The SMILES string of the molecule is CC(C)C(C)(C)CNC(=O)c1cc(N)ncc1[N+](=O)[O-]. The van der Waals surface area contributed by atoms with E-state index in [4.69, 9.17) is 5.73 Å². The van der Waals surface area contributed by atoms with E-state index in [1.165, 1.54) is 6.07 Å². The monoisotopic (exact) mass is 280 g/mol.